The van der Waals surface area contributed by atoms with Crippen LogP contribution in [-0.4, -0.2) is 39.7 Å². The summed E-state index contributed by atoms with van der Waals surface area (Å²) < 4.78 is 5.36. The van der Waals surface area contributed by atoms with Crippen LogP contribution in [0.4, 0.5) is 0 Å². The van der Waals surface area contributed by atoms with Crippen molar-refractivity contribution in [1.82, 2.24) is 4.90 Å². The molecule has 5 nitrogen and oxygen atoms in total. The highest BCUT2D eigenvalue weighted by atomic mass is 32.2. The van der Waals surface area contributed by atoms with Crippen LogP contribution in [0.5, 0.6) is 11.5 Å². The third-order valence-corrected chi connectivity index (χ3v) is 4.17. The summed E-state index contributed by atoms with van der Waals surface area (Å²) in [5.41, 5.74) is 0.456. The van der Waals surface area contributed by atoms with Gasteiger partial charge in [0.2, 0.25) is 0 Å². The van der Waals surface area contributed by atoms with Gasteiger partial charge in [0, 0.05) is 5.56 Å². The number of hydrogen-bond donors (Lipinski definition) is 1. The second kappa shape index (κ2) is 6.28. The van der Waals surface area contributed by atoms with Gasteiger partial charge in [0.1, 0.15) is 10.1 Å². The minimum Gasteiger partial charge on any atom is -0.504 e. The van der Waals surface area contributed by atoms with E-state index in [2.05, 4.69) is 0 Å². The van der Waals surface area contributed by atoms with Crippen molar-refractivity contribution in [2.45, 2.75) is 6.92 Å². The van der Waals surface area contributed by atoms with Gasteiger partial charge >= 0.3 is 0 Å². The Morgan fingerprint density at radius 2 is 2.24 bits per heavy atom. The van der Waals surface area contributed by atoms with Crippen molar-refractivity contribution >= 4 is 46.1 Å². The fraction of sp³-hybridized carbons (Fsp3) is 0.214. The molecule has 1 N–H and O–H groups in total. The number of ether oxygens (including phenoxy) is 1. The highest BCUT2D eigenvalue weighted by Gasteiger charge is 2.32. The Kier molecular flexibility index (Phi) is 4.64. The molecule has 0 saturated carbocycles. The van der Waals surface area contributed by atoms with Crippen LogP contribution in [0.3, 0.4) is 0 Å². The SMILES string of the molecule is COc1cccc(/C=C2\SC(=S)N(CC(C)=O)C2=O)c1O. The first-order valence-corrected chi connectivity index (χ1v) is 7.27. The number of benzene rings is 1. The van der Waals surface area contributed by atoms with Crippen LogP contribution < -0.4 is 4.74 Å². The largest absolute Gasteiger partial charge is 0.504 e. The van der Waals surface area contributed by atoms with Gasteiger partial charge in [0.15, 0.2) is 11.5 Å². The Hall–Kier alpha value is -1.86. The maximum atomic E-state index is 12.2. The molecule has 1 amide bonds. The number of aromatic hydroxyl groups is 1. The first-order chi connectivity index (χ1) is 9.93. The number of nitrogens with zero attached hydrogens (tertiary/aromatic N) is 1. The number of thioether (sulfide) groups is 1. The quantitative estimate of drug-likeness (QED) is 0.677. The van der Waals surface area contributed by atoms with Crippen LogP contribution in [0.25, 0.3) is 6.08 Å². The van der Waals surface area contributed by atoms with Crippen molar-refractivity contribution in [3.63, 3.8) is 0 Å². The van der Waals surface area contributed by atoms with E-state index < -0.39 is 0 Å². The van der Waals surface area contributed by atoms with E-state index >= 15 is 0 Å². The molecule has 0 radical (unpaired) electrons. The lowest BCUT2D eigenvalue weighted by molar-refractivity contribution is -0.126. The molecule has 110 valence electrons. The van der Waals surface area contributed by atoms with E-state index in [0.29, 0.717) is 20.5 Å². The highest BCUT2D eigenvalue weighted by molar-refractivity contribution is 8.26. The van der Waals surface area contributed by atoms with Gasteiger partial charge in [0.25, 0.3) is 5.91 Å². The Balaban J connectivity index is 2.33. The zero-order chi connectivity index (χ0) is 15.6. The first-order valence-electron chi connectivity index (χ1n) is 6.04. The predicted octanol–water partition coefficient (Wildman–Crippen LogP) is 2.19. The first kappa shape index (κ1) is 15.5. The van der Waals surface area contributed by atoms with E-state index in [-0.39, 0.29) is 24.0 Å². The molecule has 1 aliphatic rings. The Bertz CT molecular complexity index is 654. The van der Waals surface area contributed by atoms with E-state index in [1.165, 1.54) is 25.0 Å². The minimum atomic E-state index is -0.331. The number of Topliss-reactive ketones (excluding diaryl/α,β-unsaturated/α-hetero) is 1. The molecule has 1 saturated heterocycles. The van der Waals surface area contributed by atoms with Crippen molar-refractivity contribution in [2.24, 2.45) is 0 Å². The lowest BCUT2D eigenvalue weighted by atomic mass is 10.1. The van der Waals surface area contributed by atoms with Crippen LogP contribution in [0, 0.1) is 0 Å². The van der Waals surface area contributed by atoms with Gasteiger partial charge in [-0.3, -0.25) is 14.5 Å². The van der Waals surface area contributed by atoms with Gasteiger partial charge in [-0.2, -0.15) is 0 Å². The minimum absolute atomic E-state index is 0.0356. The molecular formula is C14H13NO4S2. The number of thiocarbonyl (C=S) groups is 1. The maximum absolute atomic E-state index is 12.2. The Morgan fingerprint density at radius 1 is 1.52 bits per heavy atom. The van der Waals surface area contributed by atoms with Crippen LogP contribution in [0.1, 0.15) is 12.5 Å². The molecule has 0 aliphatic carbocycles. The molecule has 0 spiro atoms. The molecular weight excluding hydrogens is 310 g/mol. The summed E-state index contributed by atoms with van der Waals surface area (Å²) in [7, 11) is 1.45. The average Bonchev–Trinajstić information content (AvgIpc) is 2.68. The predicted molar refractivity (Wildman–Crippen MR) is 85.2 cm³/mol. The van der Waals surface area contributed by atoms with Crippen LogP contribution >= 0.6 is 24.0 Å². The van der Waals surface area contributed by atoms with Gasteiger partial charge in [-0.15, -0.1) is 0 Å². The van der Waals surface area contributed by atoms with E-state index in [1.807, 2.05) is 0 Å². The summed E-state index contributed by atoms with van der Waals surface area (Å²) in [6.45, 7) is 1.36. The van der Waals surface area contributed by atoms with E-state index in [9.17, 15) is 14.7 Å². The molecule has 2 rings (SSSR count). The lowest BCUT2D eigenvalue weighted by Gasteiger charge is -2.11. The van der Waals surface area contributed by atoms with Gasteiger partial charge in [-0.25, -0.2) is 0 Å². The van der Waals surface area contributed by atoms with E-state index in [4.69, 9.17) is 17.0 Å². The third kappa shape index (κ3) is 3.25. The summed E-state index contributed by atoms with van der Waals surface area (Å²) in [5, 5.41) is 10.0. The van der Waals surface area contributed by atoms with Gasteiger partial charge < -0.3 is 9.84 Å². The number of carbonyl (C=O) groups is 2. The van der Waals surface area contributed by atoms with Crippen molar-refractivity contribution in [2.75, 3.05) is 13.7 Å². The smallest absolute Gasteiger partial charge is 0.266 e. The Labute approximate surface area is 131 Å². The van der Waals surface area contributed by atoms with Crippen molar-refractivity contribution in [3.8, 4) is 11.5 Å². The average molecular weight is 323 g/mol. The molecule has 1 aromatic carbocycles. The fourth-order valence-electron chi connectivity index (χ4n) is 1.82. The summed E-state index contributed by atoms with van der Waals surface area (Å²) >= 11 is 6.20. The van der Waals surface area contributed by atoms with Crippen LogP contribution in [0.2, 0.25) is 0 Å². The standard InChI is InChI=1S/C14H13NO4S2/c1-8(16)7-15-13(18)11(21-14(15)20)6-9-4-3-5-10(19-2)12(9)17/h3-6,17H,7H2,1-2H3/b11-6-. The fourth-order valence-corrected chi connectivity index (χ4v) is 3.07. The van der Waals surface area contributed by atoms with Crippen LogP contribution in [0.15, 0.2) is 23.1 Å². The number of ketones is 1. The zero-order valence-electron chi connectivity index (χ0n) is 11.5. The topological polar surface area (TPSA) is 66.8 Å². The van der Waals surface area contributed by atoms with Crippen molar-refractivity contribution in [1.29, 1.82) is 0 Å². The number of carbonyl (C=O) groups excluding carboxylic acids is 2. The summed E-state index contributed by atoms with van der Waals surface area (Å²) in [4.78, 5) is 25.0. The van der Waals surface area contributed by atoms with E-state index in [1.54, 1.807) is 18.2 Å². The number of hydrogen-bond acceptors (Lipinski definition) is 6. The normalized spacial score (nSPS) is 16.7. The second-order valence-corrected chi connectivity index (χ2v) is 6.04. The molecule has 0 aromatic heterocycles. The number of phenolic OH excluding ortho intramolecular Hbond substituents is 1. The monoisotopic (exact) mass is 323 g/mol. The molecule has 0 bridgehead atoms. The highest BCUT2D eigenvalue weighted by Crippen LogP contribution is 2.36. The van der Waals surface area contributed by atoms with Gasteiger partial charge in [-0.1, -0.05) is 36.1 Å². The molecule has 1 heterocycles. The van der Waals surface area contributed by atoms with Crippen molar-refractivity contribution in [3.05, 3.63) is 28.7 Å². The summed E-state index contributed by atoms with van der Waals surface area (Å²) in [5.74, 6) is -0.195. The number of rotatable bonds is 4. The van der Waals surface area contributed by atoms with Crippen LogP contribution in [-0.2, 0) is 9.59 Å². The van der Waals surface area contributed by atoms with Gasteiger partial charge in [-0.05, 0) is 19.1 Å². The number of methoxy groups -OCH3 is 1. The van der Waals surface area contributed by atoms with E-state index in [0.717, 1.165) is 11.8 Å². The molecule has 1 fully saturated rings. The molecule has 1 aliphatic heterocycles. The molecule has 1 aromatic rings. The lowest BCUT2D eigenvalue weighted by Crippen LogP contribution is -2.32. The zero-order valence-corrected chi connectivity index (χ0v) is 13.1. The maximum Gasteiger partial charge on any atom is 0.266 e. The van der Waals surface area contributed by atoms with Gasteiger partial charge in [0.05, 0.1) is 18.6 Å². The number of amides is 1. The summed E-state index contributed by atoms with van der Waals surface area (Å²) in [6, 6.07) is 4.99. The summed E-state index contributed by atoms with van der Waals surface area (Å²) in [6.07, 6.45) is 1.54. The molecule has 0 unspecified atom stereocenters. The number of phenols is 1. The molecule has 21 heavy (non-hydrogen) atoms. The molecule has 0 atom stereocenters. The molecule has 7 heteroatoms. The number of para-hydroxylation sites is 1. The second-order valence-electron chi connectivity index (χ2n) is 4.37. The van der Waals surface area contributed by atoms with Crippen molar-refractivity contribution < 1.29 is 19.4 Å². The third-order valence-electron chi connectivity index (χ3n) is 2.79. The Morgan fingerprint density at radius 3 is 2.86 bits per heavy atom.